The number of hydrogen-bond acceptors (Lipinski definition) is 3. The van der Waals surface area contributed by atoms with Gasteiger partial charge in [0.05, 0.1) is 7.11 Å². The molecule has 0 saturated heterocycles. The van der Waals surface area contributed by atoms with E-state index in [-0.39, 0.29) is 0 Å². The highest BCUT2D eigenvalue weighted by molar-refractivity contribution is 6.30. The first-order valence-corrected chi connectivity index (χ1v) is 4.29. The van der Waals surface area contributed by atoms with Crippen molar-refractivity contribution in [2.24, 2.45) is 0 Å². The van der Waals surface area contributed by atoms with Crippen LogP contribution in [0.4, 0.5) is 0 Å². The van der Waals surface area contributed by atoms with Crippen LogP contribution in [0.2, 0.25) is 0 Å². The maximum atomic E-state index is 11.1. The third kappa shape index (κ3) is 3.63. The Morgan fingerprint density at radius 1 is 1.46 bits per heavy atom. The van der Waals surface area contributed by atoms with Crippen molar-refractivity contribution < 1.29 is 14.3 Å². The second-order valence-electron chi connectivity index (χ2n) is 3.22. The minimum Gasteiger partial charge on any atom is -0.467 e. The lowest BCUT2D eigenvalue weighted by atomic mass is 10.1. The molecule has 1 amide bonds. The number of alkyl halides is 1. The highest BCUT2D eigenvalue weighted by Crippen LogP contribution is 2.06. The molecular weight excluding hydrogens is 194 g/mol. The Bertz CT molecular complexity index is 213. The van der Waals surface area contributed by atoms with E-state index in [2.05, 4.69) is 10.1 Å². The van der Waals surface area contributed by atoms with Gasteiger partial charge in [0, 0.05) is 0 Å². The van der Waals surface area contributed by atoms with Crippen molar-refractivity contribution in [2.45, 2.75) is 31.7 Å². The molecule has 0 spiro atoms. The summed E-state index contributed by atoms with van der Waals surface area (Å²) in [4.78, 5) is 22.2. The molecule has 0 bridgehead atoms. The number of carbonyl (C=O) groups is 2. The molecule has 1 N–H and O–H groups in total. The zero-order valence-electron chi connectivity index (χ0n) is 8.18. The van der Waals surface area contributed by atoms with Gasteiger partial charge in [-0.25, -0.2) is 4.79 Å². The summed E-state index contributed by atoms with van der Waals surface area (Å²) in [5, 5.41) is 1.80. The van der Waals surface area contributed by atoms with Crippen LogP contribution >= 0.6 is 11.6 Å². The molecule has 13 heavy (non-hydrogen) atoms. The lowest BCUT2D eigenvalue weighted by Crippen LogP contribution is -2.52. The molecule has 0 saturated carbocycles. The molecule has 0 fully saturated rings. The Hall–Kier alpha value is -0.770. The van der Waals surface area contributed by atoms with E-state index < -0.39 is 22.8 Å². The van der Waals surface area contributed by atoms with Crippen LogP contribution < -0.4 is 5.32 Å². The quantitative estimate of drug-likeness (QED) is 0.547. The first-order chi connectivity index (χ1) is 5.81. The van der Waals surface area contributed by atoms with Gasteiger partial charge in [-0.3, -0.25) is 4.79 Å². The number of hydrogen-bond donors (Lipinski definition) is 1. The molecule has 0 aromatic heterocycles. The molecule has 0 aromatic carbocycles. The number of halogens is 1. The number of esters is 1. The lowest BCUT2D eigenvalue weighted by Gasteiger charge is -2.23. The molecule has 76 valence electrons. The standard InChI is InChI=1S/C8H14ClNO3/c1-5(9)6(11)10-8(2,3)7(12)13-4/h5H,1-4H3,(H,10,11). The van der Waals surface area contributed by atoms with E-state index in [9.17, 15) is 9.59 Å². The number of amides is 1. The minimum absolute atomic E-state index is 0.392. The van der Waals surface area contributed by atoms with Crippen LogP contribution in [0.25, 0.3) is 0 Å². The third-order valence-electron chi connectivity index (χ3n) is 1.49. The first-order valence-electron chi connectivity index (χ1n) is 3.85. The molecule has 0 heterocycles. The molecule has 5 heteroatoms. The molecule has 0 aliphatic carbocycles. The Morgan fingerprint density at radius 3 is 2.23 bits per heavy atom. The first kappa shape index (κ1) is 12.2. The van der Waals surface area contributed by atoms with E-state index in [1.54, 1.807) is 13.8 Å². The zero-order valence-corrected chi connectivity index (χ0v) is 8.94. The smallest absolute Gasteiger partial charge is 0.330 e. The predicted octanol–water partition coefficient (Wildman–Crippen LogP) is 0.681. The molecule has 1 atom stereocenters. The van der Waals surface area contributed by atoms with Gasteiger partial charge in [-0.15, -0.1) is 11.6 Å². The van der Waals surface area contributed by atoms with E-state index >= 15 is 0 Å². The van der Waals surface area contributed by atoms with Gasteiger partial charge in [0.1, 0.15) is 10.9 Å². The molecule has 4 nitrogen and oxygen atoms in total. The van der Waals surface area contributed by atoms with Crippen LogP contribution in [-0.2, 0) is 14.3 Å². The van der Waals surface area contributed by atoms with E-state index in [1.807, 2.05) is 0 Å². The third-order valence-corrected chi connectivity index (χ3v) is 1.69. The number of rotatable bonds is 3. The molecular formula is C8H14ClNO3. The molecule has 1 unspecified atom stereocenters. The summed E-state index contributed by atoms with van der Waals surface area (Å²) in [6, 6.07) is 0. The Kier molecular flexibility index (Phi) is 4.20. The van der Waals surface area contributed by atoms with E-state index in [1.165, 1.54) is 14.0 Å². The summed E-state index contributed by atoms with van der Waals surface area (Å²) in [7, 11) is 1.26. The Morgan fingerprint density at radius 2 is 1.92 bits per heavy atom. The van der Waals surface area contributed by atoms with Crippen LogP contribution in [0.3, 0.4) is 0 Å². The van der Waals surface area contributed by atoms with Gasteiger partial charge >= 0.3 is 5.97 Å². The van der Waals surface area contributed by atoms with E-state index in [4.69, 9.17) is 11.6 Å². The number of nitrogens with one attached hydrogen (secondary N) is 1. The van der Waals surface area contributed by atoms with Crippen molar-refractivity contribution in [2.75, 3.05) is 7.11 Å². The molecule has 0 aromatic rings. The second kappa shape index (κ2) is 4.46. The van der Waals surface area contributed by atoms with Gasteiger partial charge in [-0.2, -0.15) is 0 Å². The molecule has 0 rings (SSSR count). The average Bonchev–Trinajstić information content (AvgIpc) is 2.01. The van der Waals surface area contributed by atoms with Crippen LogP contribution in [0, 0.1) is 0 Å². The molecule has 0 radical (unpaired) electrons. The van der Waals surface area contributed by atoms with Crippen LogP contribution in [0.15, 0.2) is 0 Å². The Labute approximate surface area is 82.6 Å². The molecule has 0 aliphatic rings. The predicted molar refractivity (Wildman–Crippen MR) is 49.6 cm³/mol. The topological polar surface area (TPSA) is 55.4 Å². The highest BCUT2D eigenvalue weighted by atomic mass is 35.5. The fourth-order valence-electron chi connectivity index (χ4n) is 0.714. The van der Waals surface area contributed by atoms with Gasteiger partial charge in [0.2, 0.25) is 5.91 Å². The van der Waals surface area contributed by atoms with Gasteiger partial charge in [-0.05, 0) is 20.8 Å². The van der Waals surface area contributed by atoms with Crippen molar-refractivity contribution in [1.29, 1.82) is 0 Å². The largest absolute Gasteiger partial charge is 0.467 e. The highest BCUT2D eigenvalue weighted by Gasteiger charge is 2.31. The fourth-order valence-corrected chi connectivity index (χ4v) is 0.768. The fraction of sp³-hybridized carbons (Fsp3) is 0.750. The van der Waals surface area contributed by atoms with Gasteiger partial charge < -0.3 is 10.1 Å². The SMILES string of the molecule is COC(=O)C(C)(C)NC(=O)C(C)Cl. The summed E-state index contributed by atoms with van der Waals surface area (Å²) in [6.07, 6.45) is 0. The van der Waals surface area contributed by atoms with Crippen molar-refractivity contribution in [3.8, 4) is 0 Å². The van der Waals surface area contributed by atoms with Crippen LogP contribution in [0.5, 0.6) is 0 Å². The average molecular weight is 208 g/mol. The van der Waals surface area contributed by atoms with Crippen molar-refractivity contribution in [3.63, 3.8) is 0 Å². The minimum atomic E-state index is -1.03. The lowest BCUT2D eigenvalue weighted by molar-refractivity contribution is -0.149. The zero-order chi connectivity index (χ0) is 10.6. The number of methoxy groups -OCH3 is 1. The summed E-state index contributed by atoms with van der Waals surface area (Å²) in [6.45, 7) is 4.64. The normalized spacial score (nSPS) is 13.3. The maximum absolute atomic E-state index is 11.1. The van der Waals surface area contributed by atoms with Gasteiger partial charge in [-0.1, -0.05) is 0 Å². The number of ether oxygens (including phenoxy) is 1. The number of carbonyl (C=O) groups excluding carboxylic acids is 2. The van der Waals surface area contributed by atoms with E-state index in [0.29, 0.717) is 0 Å². The summed E-state index contributed by atoms with van der Waals surface area (Å²) in [5.41, 5.74) is -1.03. The van der Waals surface area contributed by atoms with Crippen molar-refractivity contribution in [1.82, 2.24) is 5.32 Å². The van der Waals surface area contributed by atoms with Crippen LogP contribution in [0.1, 0.15) is 20.8 Å². The summed E-state index contributed by atoms with van der Waals surface area (Å²) < 4.78 is 4.50. The Balaban J connectivity index is 4.33. The van der Waals surface area contributed by atoms with Crippen molar-refractivity contribution in [3.05, 3.63) is 0 Å². The molecule has 0 aliphatic heterocycles. The van der Waals surface area contributed by atoms with Crippen molar-refractivity contribution >= 4 is 23.5 Å². The van der Waals surface area contributed by atoms with Gasteiger partial charge in [0.15, 0.2) is 0 Å². The maximum Gasteiger partial charge on any atom is 0.330 e. The van der Waals surface area contributed by atoms with Gasteiger partial charge in [0.25, 0.3) is 0 Å². The van der Waals surface area contributed by atoms with Crippen LogP contribution in [-0.4, -0.2) is 29.9 Å². The summed E-state index contributed by atoms with van der Waals surface area (Å²) >= 11 is 5.52. The summed E-state index contributed by atoms with van der Waals surface area (Å²) in [5.74, 6) is -0.893. The monoisotopic (exact) mass is 207 g/mol. The van der Waals surface area contributed by atoms with E-state index in [0.717, 1.165) is 0 Å². The second-order valence-corrected chi connectivity index (χ2v) is 3.88.